The highest BCUT2D eigenvalue weighted by molar-refractivity contribution is 7.89. The average molecular weight is 395 g/mol. The van der Waals surface area contributed by atoms with E-state index < -0.39 is 10.0 Å². The van der Waals surface area contributed by atoms with Gasteiger partial charge in [-0.15, -0.1) is 11.3 Å². The van der Waals surface area contributed by atoms with Crippen LogP contribution in [0.25, 0.3) is 4.96 Å². The van der Waals surface area contributed by atoms with Gasteiger partial charge >= 0.3 is 0 Å². The van der Waals surface area contributed by atoms with Crippen LogP contribution in [0.3, 0.4) is 0 Å². The molecule has 0 saturated carbocycles. The van der Waals surface area contributed by atoms with Gasteiger partial charge in [-0.3, -0.25) is 4.40 Å². The second kappa shape index (κ2) is 6.95. The van der Waals surface area contributed by atoms with Crippen molar-refractivity contribution < 1.29 is 12.8 Å². The van der Waals surface area contributed by atoms with Crippen LogP contribution in [0, 0.1) is 5.82 Å². The maximum absolute atomic E-state index is 14.4. The van der Waals surface area contributed by atoms with E-state index in [1.54, 1.807) is 23.7 Å². The summed E-state index contributed by atoms with van der Waals surface area (Å²) < 4.78 is 43.5. The number of imidazole rings is 1. The molecule has 0 unspecified atom stereocenters. The fraction of sp³-hybridized carbons (Fsp3) is 0.312. The largest absolute Gasteiger partial charge is 0.367 e. The third kappa shape index (κ3) is 3.32. The molecular formula is C16H18FN5O2S2. The van der Waals surface area contributed by atoms with Gasteiger partial charge in [0.1, 0.15) is 5.82 Å². The molecule has 0 aliphatic carbocycles. The molecule has 1 fully saturated rings. The van der Waals surface area contributed by atoms with Crippen molar-refractivity contribution in [2.24, 2.45) is 0 Å². The van der Waals surface area contributed by atoms with E-state index in [4.69, 9.17) is 0 Å². The molecule has 1 aliphatic rings. The van der Waals surface area contributed by atoms with Gasteiger partial charge in [-0.05, 0) is 17.7 Å². The highest BCUT2D eigenvalue weighted by atomic mass is 32.2. The number of nitrogens with one attached hydrogen (secondary N) is 2. The van der Waals surface area contributed by atoms with Crippen molar-refractivity contribution in [1.82, 2.24) is 19.4 Å². The number of nitrogens with zero attached hydrogens (tertiary/aromatic N) is 3. The molecule has 1 aliphatic heterocycles. The SMILES string of the molecule is O=S(=O)(NCc1ccc(N2CCNCC2)c(F)c1)c1cnc2sccn12. The Labute approximate surface area is 154 Å². The average Bonchev–Trinajstić information content (AvgIpc) is 3.24. The number of hydrogen-bond donors (Lipinski definition) is 2. The van der Waals surface area contributed by atoms with Gasteiger partial charge in [0.2, 0.25) is 0 Å². The zero-order valence-electron chi connectivity index (χ0n) is 13.9. The minimum absolute atomic E-state index is 0.0124. The third-order valence-electron chi connectivity index (χ3n) is 4.32. The minimum atomic E-state index is -3.74. The summed E-state index contributed by atoms with van der Waals surface area (Å²) in [6.45, 7) is 3.16. The van der Waals surface area contributed by atoms with E-state index in [1.165, 1.54) is 28.0 Å². The summed E-state index contributed by atoms with van der Waals surface area (Å²) in [5, 5.41) is 5.07. The third-order valence-corrected chi connectivity index (χ3v) is 6.47. The number of thiazole rings is 1. The van der Waals surface area contributed by atoms with Crippen LogP contribution in [-0.4, -0.2) is 44.0 Å². The molecule has 0 radical (unpaired) electrons. The fourth-order valence-electron chi connectivity index (χ4n) is 2.98. The molecule has 0 spiro atoms. The van der Waals surface area contributed by atoms with Gasteiger partial charge in [0.05, 0.1) is 11.9 Å². The normalized spacial score (nSPS) is 15.7. The lowest BCUT2D eigenvalue weighted by Gasteiger charge is -2.29. The van der Waals surface area contributed by atoms with Crippen LogP contribution in [0.15, 0.2) is 41.0 Å². The lowest BCUT2D eigenvalue weighted by Crippen LogP contribution is -2.43. The van der Waals surface area contributed by atoms with Crippen molar-refractivity contribution >= 4 is 32.0 Å². The van der Waals surface area contributed by atoms with Crippen LogP contribution in [0.2, 0.25) is 0 Å². The van der Waals surface area contributed by atoms with Crippen molar-refractivity contribution in [3.8, 4) is 0 Å². The molecule has 2 aromatic heterocycles. The quantitative estimate of drug-likeness (QED) is 0.683. The smallest absolute Gasteiger partial charge is 0.258 e. The molecule has 0 bridgehead atoms. The highest BCUT2D eigenvalue weighted by Crippen LogP contribution is 2.22. The molecule has 0 atom stereocenters. The molecule has 7 nitrogen and oxygen atoms in total. The van der Waals surface area contributed by atoms with E-state index in [0.717, 1.165) is 26.2 Å². The van der Waals surface area contributed by atoms with Gasteiger partial charge in [0, 0.05) is 44.3 Å². The first kappa shape index (κ1) is 17.4. The van der Waals surface area contributed by atoms with E-state index >= 15 is 0 Å². The Kier molecular flexibility index (Phi) is 4.65. The van der Waals surface area contributed by atoms with E-state index in [9.17, 15) is 12.8 Å². The van der Waals surface area contributed by atoms with Crippen LogP contribution in [0.1, 0.15) is 5.56 Å². The zero-order valence-corrected chi connectivity index (χ0v) is 15.5. The van der Waals surface area contributed by atoms with Crippen LogP contribution >= 0.6 is 11.3 Å². The van der Waals surface area contributed by atoms with Crippen LogP contribution in [0.4, 0.5) is 10.1 Å². The summed E-state index contributed by atoms with van der Waals surface area (Å²) in [6.07, 6.45) is 2.98. The molecular weight excluding hydrogens is 377 g/mol. The number of anilines is 1. The van der Waals surface area contributed by atoms with Crippen molar-refractivity contribution in [2.75, 3.05) is 31.1 Å². The van der Waals surface area contributed by atoms with E-state index in [1.807, 2.05) is 4.90 Å². The highest BCUT2D eigenvalue weighted by Gasteiger charge is 2.20. The monoisotopic (exact) mass is 395 g/mol. The number of piperazine rings is 1. The molecule has 2 N–H and O–H groups in total. The van der Waals surface area contributed by atoms with Gasteiger partial charge in [0.25, 0.3) is 10.0 Å². The number of fused-ring (bicyclic) bond motifs is 1. The predicted molar refractivity (Wildman–Crippen MR) is 98.6 cm³/mol. The summed E-state index contributed by atoms with van der Waals surface area (Å²) in [5.74, 6) is -0.340. The number of benzene rings is 1. The van der Waals surface area contributed by atoms with Gasteiger partial charge < -0.3 is 10.2 Å². The number of hydrogen-bond acceptors (Lipinski definition) is 6. The van der Waals surface area contributed by atoms with Crippen molar-refractivity contribution in [2.45, 2.75) is 11.6 Å². The molecule has 1 saturated heterocycles. The molecule has 26 heavy (non-hydrogen) atoms. The van der Waals surface area contributed by atoms with Crippen LogP contribution in [-0.2, 0) is 16.6 Å². The molecule has 3 aromatic rings. The Hall–Kier alpha value is -2.01. The molecule has 4 rings (SSSR count). The second-order valence-electron chi connectivity index (χ2n) is 6.00. The summed E-state index contributed by atoms with van der Waals surface area (Å²) in [7, 11) is -3.74. The van der Waals surface area contributed by atoms with Crippen molar-refractivity contribution in [1.29, 1.82) is 0 Å². The Morgan fingerprint density at radius 1 is 1.31 bits per heavy atom. The minimum Gasteiger partial charge on any atom is -0.367 e. The zero-order chi connectivity index (χ0) is 18.1. The van der Waals surface area contributed by atoms with Gasteiger partial charge in [-0.25, -0.2) is 22.5 Å². The number of aromatic nitrogens is 2. The maximum atomic E-state index is 14.4. The Balaban J connectivity index is 1.49. The second-order valence-corrected chi connectivity index (χ2v) is 8.59. The summed E-state index contributed by atoms with van der Waals surface area (Å²) in [6, 6.07) is 4.84. The molecule has 138 valence electrons. The van der Waals surface area contributed by atoms with Crippen molar-refractivity contribution in [3.63, 3.8) is 0 Å². The summed E-state index contributed by atoms with van der Waals surface area (Å²) in [4.78, 5) is 6.66. The number of halogens is 1. The first-order valence-electron chi connectivity index (χ1n) is 8.19. The topological polar surface area (TPSA) is 78.7 Å². The Morgan fingerprint density at radius 2 is 2.12 bits per heavy atom. The molecule has 1 aromatic carbocycles. The molecule has 0 amide bonds. The molecule has 3 heterocycles. The predicted octanol–water partition coefficient (Wildman–Crippen LogP) is 1.42. The number of sulfonamides is 1. The standard InChI is InChI=1S/C16H18FN5O2S2/c17-13-9-12(1-2-14(13)21-5-3-18-4-6-21)10-20-26(23,24)15-11-19-16-22(15)7-8-25-16/h1-2,7-9,11,18,20H,3-6,10H2. The fourth-order valence-corrected chi connectivity index (χ4v) is 4.83. The summed E-state index contributed by atoms with van der Waals surface area (Å²) in [5.41, 5.74) is 1.12. The van der Waals surface area contributed by atoms with Gasteiger partial charge in [-0.2, -0.15) is 0 Å². The lowest BCUT2D eigenvalue weighted by molar-refractivity contribution is 0.564. The summed E-state index contributed by atoms with van der Waals surface area (Å²) >= 11 is 1.36. The lowest BCUT2D eigenvalue weighted by atomic mass is 10.1. The van der Waals surface area contributed by atoms with Gasteiger partial charge in [0.15, 0.2) is 9.99 Å². The van der Waals surface area contributed by atoms with Crippen LogP contribution in [0.5, 0.6) is 0 Å². The first-order chi connectivity index (χ1) is 12.5. The number of rotatable bonds is 5. The maximum Gasteiger partial charge on any atom is 0.258 e. The Morgan fingerprint density at radius 3 is 2.88 bits per heavy atom. The van der Waals surface area contributed by atoms with E-state index in [-0.39, 0.29) is 17.4 Å². The first-order valence-corrected chi connectivity index (χ1v) is 10.6. The van der Waals surface area contributed by atoms with E-state index in [2.05, 4.69) is 15.0 Å². The Bertz CT molecular complexity index is 1020. The van der Waals surface area contributed by atoms with Crippen molar-refractivity contribution in [3.05, 3.63) is 47.4 Å². The van der Waals surface area contributed by atoms with E-state index in [0.29, 0.717) is 16.2 Å². The van der Waals surface area contributed by atoms with Crippen LogP contribution < -0.4 is 14.9 Å². The molecule has 10 heteroatoms. The van der Waals surface area contributed by atoms with Gasteiger partial charge in [-0.1, -0.05) is 6.07 Å².